The largest absolute Gasteiger partial charge is 0.389 e. The molecule has 0 unspecified atom stereocenters. The molecule has 2 aliphatic carbocycles. The van der Waals surface area contributed by atoms with Crippen molar-refractivity contribution in [1.29, 1.82) is 0 Å². The molecule has 0 aromatic rings. The topological polar surface area (TPSA) is 55.7 Å². The van der Waals surface area contributed by atoms with Gasteiger partial charge in [0.15, 0.2) is 0 Å². The molecule has 0 heterocycles. The van der Waals surface area contributed by atoms with Crippen LogP contribution in [0.2, 0.25) is 0 Å². The van der Waals surface area contributed by atoms with Gasteiger partial charge in [0.2, 0.25) is 0 Å². The first-order chi connectivity index (χ1) is 10.5. The van der Waals surface area contributed by atoms with E-state index in [9.17, 15) is 19.1 Å². The maximum atomic E-state index is 12.2. The van der Waals surface area contributed by atoms with E-state index in [1.165, 1.54) is 0 Å². The molecule has 0 radical (unpaired) electrons. The Bertz CT molecular complexity index is 587. The highest BCUT2D eigenvalue weighted by Gasteiger charge is 2.14. The summed E-state index contributed by atoms with van der Waals surface area (Å²) < 4.78 is 24.4. The van der Waals surface area contributed by atoms with Crippen molar-refractivity contribution in [2.75, 3.05) is 18.2 Å². The normalized spacial score (nSPS) is 12.4. The van der Waals surface area contributed by atoms with E-state index in [0.717, 1.165) is 16.2 Å². The molecule has 0 amide bonds. The molecule has 2 aliphatic rings. The van der Waals surface area contributed by atoms with Crippen LogP contribution < -0.4 is 10.4 Å². The molecule has 2 rings (SSSR count). The van der Waals surface area contributed by atoms with Gasteiger partial charge in [-0.15, -0.1) is 0 Å². The molecule has 0 spiro atoms. The summed E-state index contributed by atoms with van der Waals surface area (Å²) in [6.07, 6.45) is -3.81. The third-order valence-electron chi connectivity index (χ3n) is 3.14. The lowest BCUT2D eigenvalue weighted by Crippen LogP contribution is -2.40. The van der Waals surface area contributed by atoms with Gasteiger partial charge in [-0.2, -0.15) is 0 Å². The van der Waals surface area contributed by atoms with Crippen molar-refractivity contribution >= 4 is 22.9 Å². The Labute approximate surface area is 133 Å². The van der Waals surface area contributed by atoms with Crippen LogP contribution >= 0.6 is 12.2 Å². The van der Waals surface area contributed by atoms with Gasteiger partial charge in [-0.3, -0.25) is 10.3 Å². The van der Waals surface area contributed by atoms with Crippen molar-refractivity contribution in [3.8, 4) is 11.1 Å². The molecular weight excluding hydrogens is 310 g/mol. The number of nitrogens with zero attached hydrogens (tertiary/aromatic N) is 1. The maximum absolute atomic E-state index is 12.2. The average Bonchev–Trinajstić information content (AvgIpc) is 2.83. The van der Waals surface area contributed by atoms with Crippen molar-refractivity contribution in [3.05, 3.63) is 42.5 Å². The minimum atomic E-state index is -2.76. The summed E-state index contributed by atoms with van der Waals surface area (Å²) >= 11 is 4.41. The summed E-state index contributed by atoms with van der Waals surface area (Å²) in [4.78, 5) is -0.617. The van der Waals surface area contributed by atoms with Crippen molar-refractivity contribution in [2.45, 2.75) is 12.5 Å². The number of thiocarbonyl (C=S) groups is 1. The van der Waals surface area contributed by atoms with Crippen molar-refractivity contribution in [2.24, 2.45) is 0 Å². The number of nitrogens with one attached hydrogen (secondary N) is 1. The Morgan fingerprint density at radius 2 is 1.77 bits per heavy atom. The van der Waals surface area contributed by atoms with Gasteiger partial charge in [-0.25, -0.2) is 8.78 Å². The molecule has 0 fully saturated rings. The van der Waals surface area contributed by atoms with Crippen LogP contribution in [0, 0.1) is 0 Å². The second-order valence-corrected chi connectivity index (χ2v) is 5.25. The number of aliphatic hydroxyl groups excluding tert-OH is 1. The Balaban J connectivity index is 0.00000264. The SMILES string of the molecule is O[C@@H](CNC(=S)C(F)F)CN(O)c1ccc2cccc-2cc1.[HH]. The van der Waals surface area contributed by atoms with E-state index >= 15 is 0 Å². The van der Waals surface area contributed by atoms with Crippen LogP contribution in [0.15, 0.2) is 42.5 Å². The number of fused-ring (bicyclic) bond motifs is 1. The molecule has 0 bridgehead atoms. The van der Waals surface area contributed by atoms with Crippen molar-refractivity contribution in [3.63, 3.8) is 0 Å². The fraction of sp³-hybridized carbons (Fsp3) is 0.267. The van der Waals surface area contributed by atoms with Gasteiger partial charge in [-0.05, 0) is 23.3 Å². The van der Waals surface area contributed by atoms with Crippen LogP contribution in [-0.2, 0) is 0 Å². The first kappa shape index (κ1) is 16.5. The first-order valence-corrected chi connectivity index (χ1v) is 7.07. The van der Waals surface area contributed by atoms with Crippen LogP contribution in [-0.4, -0.2) is 40.9 Å². The average molecular weight is 328 g/mol. The molecule has 0 aromatic carbocycles. The summed E-state index contributed by atoms with van der Waals surface area (Å²) in [5, 5.41) is 22.9. The quantitative estimate of drug-likeness (QED) is 0.562. The number of hydrogen-bond acceptors (Lipinski definition) is 4. The first-order valence-electron chi connectivity index (χ1n) is 6.66. The minimum Gasteiger partial charge on any atom is -0.389 e. The van der Waals surface area contributed by atoms with Crippen LogP contribution in [0.1, 0.15) is 1.43 Å². The summed E-state index contributed by atoms with van der Waals surface area (Å²) in [6, 6.07) is 13.0. The van der Waals surface area contributed by atoms with E-state index in [2.05, 4.69) is 17.5 Å². The van der Waals surface area contributed by atoms with Gasteiger partial charge >= 0.3 is 0 Å². The highest BCUT2D eigenvalue weighted by Crippen LogP contribution is 2.24. The van der Waals surface area contributed by atoms with Gasteiger partial charge < -0.3 is 10.4 Å². The van der Waals surface area contributed by atoms with Crippen LogP contribution in [0.25, 0.3) is 11.1 Å². The Hall–Kier alpha value is -1.83. The molecule has 22 heavy (non-hydrogen) atoms. The second-order valence-electron chi connectivity index (χ2n) is 4.81. The lowest BCUT2D eigenvalue weighted by atomic mass is 10.2. The van der Waals surface area contributed by atoms with Crippen LogP contribution in [0.4, 0.5) is 14.5 Å². The van der Waals surface area contributed by atoms with E-state index in [1.807, 2.05) is 30.3 Å². The summed E-state index contributed by atoms with van der Waals surface area (Å²) in [5.74, 6) is 0. The lowest BCUT2D eigenvalue weighted by Gasteiger charge is -2.20. The zero-order valence-corrected chi connectivity index (χ0v) is 12.4. The third kappa shape index (κ3) is 4.33. The summed E-state index contributed by atoms with van der Waals surface area (Å²) in [6.45, 7) is -0.292. The number of halogens is 2. The molecule has 1 atom stereocenters. The van der Waals surface area contributed by atoms with E-state index in [1.54, 1.807) is 12.1 Å². The van der Waals surface area contributed by atoms with Gasteiger partial charge in [-0.1, -0.05) is 42.5 Å². The molecule has 7 heteroatoms. The third-order valence-corrected chi connectivity index (χ3v) is 3.47. The predicted octanol–water partition coefficient (Wildman–Crippen LogP) is 2.78. The lowest BCUT2D eigenvalue weighted by molar-refractivity contribution is 0.138. The Morgan fingerprint density at radius 3 is 2.32 bits per heavy atom. The van der Waals surface area contributed by atoms with E-state index in [-0.39, 0.29) is 14.5 Å². The Kier molecular flexibility index (Phi) is 5.59. The monoisotopic (exact) mass is 328 g/mol. The fourth-order valence-corrected chi connectivity index (χ4v) is 2.08. The van der Waals surface area contributed by atoms with E-state index < -0.39 is 17.5 Å². The maximum Gasteiger partial charge on any atom is 0.288 e. The molecule has 0 saturated heterocycles. The second kappa shape index (κ2) is 7.44. The minimum absolute atomic E-state index is 0. The van der Waals surface area contributed by atoms with Crippen LogP contribution in [0.3, 0.4) is 0 Å². The molecule has 0 aliphatic heterocycles. The molecule has 0 saturated carbocycles. The highest BCUT2D eigenvalue weighted by molar-refractivity contribution is 7.80. The zero-order chi connectivity index (χ0) is 16.1. The predicted molar refractivity (Wildman–Crippen MR) is 86.9 cm³/mol. The standard InChI is InChI=1S/C15H16F2N2O2S.H2/c16-14(17)15(22)18-8-13(20)9-19(21)12-6-4-10-2-1-3-11(10)5-7-12;/h1-7,13-14,20-21H,8-9H2,(H,18,22);1H/t13-;/m0./s1. The Morgan fingerprint density at radius 1 is 1.18 bits per heavy atom. The zero-order valence-electron chi connectivity index (χ0n) is 11.6. The van der Waals surface area contributed by atoms with Gasteiger partial charge in [0.25, 0.3) is 6.43 Å². The number of aliphatic hydroxyl groups is 1. The highest BCUT2D eigenvalue weighted by atomic mass is 32.1. The van der Waals surface area contributed by atoms with E-state index in [0.29, 0.717) is 5.69 Å². The number of rotatable bonds is 6. The molecular formula is C15H18F2N2O2S. The number of anilines is 1. The summed E-state index contributed by atoms with van der Waals surface area (Å²) in [7, 11) is 0. The molecule has 4 nitrogen and oxygen atoms in total. The van der Waals surface area contributed by atoms with Gasteiger partial charge in [0.05, 0.1) is 18.3 Å². The van der Waals surface area contributed by atoms with Crippen molar-refractivity contribution < 1.29 is 20.5 Å². The van der Waals surface area contributed by atoms with Crippen molar-refractivity contribution in [1.82, 2.24) is 5.32 Å². The van der Waals surface area contributed by atoms with E-state index in [4.69, 9.17) is 0 Å². The number of hydrogen-bond donors (Lipinski definition) is 3. The number of hydroxylamine groups is 1. The van der Waals surface area contributed by atoms with Gasteiger partial charge in [0, 0.05) is 7.97 Å². The smallest absolute Gasteiger partial charge is 0.288 e. The number of alkyl halides is 2. The molecule has 3 N–H and O–H groups in total. The van der Waals surface area contributed by atoms with Crippen LogP contribution in [0.5, 0.6) is 0 Å². The fourth-order valence-electron chi connectivity index (χ4n) is 1.99. The molecule has 0 aromatic heterocycles. The molecule has 120 valence electrons. The summed E-state index contributed by atoms with van der Waals surface area (Å²) in [5.41, 5.74) is 2.56. The van der Waals surface area contributed by atoms with Gasteiger partial charge in [0.1, 0.15) is 4.99 Å².